The van der Waals surface area contributed by atoms with Crippen LogP contribution in [0.2, 0.25) is 0 Å². The molecule has 0 saturated heterocycles. The maximum absolute atomic E-state index is 14.0. The standard InChI is InChI=1S/C20H22FN3O2S/c1-14-7-9-15(10-8-14)26-13-18(25)24(12-11-23(2)3)20-22-19-16(21)5-4-6-17(19)27-20/h4-10H,11-13H2,1-3H3. The van der Waals surface area contributed by atoms with Gasteiger partial charge in [-0.2, -0.15) is 0 Å². The zero-order valence-corrected chi connectivity index (χ0v) is 16.4. The molecule has 1 amide bonds. The van der Waals surface area contributed by atoms with Crippen LogP contribution in [-0.2, 0) is 4.79 Å². The Kier molecular flexibility index (Phi) is 6.03. The largest absolute Gasteiger partial charge is 0.484 e. The molecule has 1 aromatic heterocycles. The van der Waals surface area contributed by atoms with Gasteiger partial charge in [0, 0.05) is 13.1 Å². The second kappa shape index (κ2) is 8.45. The monoisotopic (exact) mass is 387 g/mol. The number of hydrogen-bond acceptors (Lipinski definition) is 5. The fourth-order valence-corrected chi connectivity index (χ4v) is 3.53. The molecular formula is C20H22FN3O2S. The minimum absolute atomic E-state index is 0.102. The minimum Gasteiger partial charge on any atom is -0.484 e. The number of halogens is 1. The number of ether oxygens (including phenoxy) is 1. The van der Waals surface area contributed by atoms with E-state index in [0.717, 1.165) is 5.56 Å². The van der Waals surface area contributed by atoms with E-state index in [1.807, 2.05) is 50.2 Å². The highest BCUT2D eigenvalue weighted by atomic mass is 32.1. The van der Waals surface area contributed by atoms with Crippen LogP contribution in [0.1, 0.15) is 5.56 Å². The van der Waals surface area contributed by atoms with Crippen LogP contribution in [-0.4, -0.2) is 49.6 Å². The molecule has 5 nitrogen and oxygen atoms in total. The van der Waals surface area contributed by atoms with Gasteiger partial charge >= 0.3 is 0 Å². The van der Waals surface area contributed by atoms with Crippen LogP contribution >= 0.6 is 11.3 Å². The van der Waals surface area contributed by atoms with Gasteiger partial charge in [-0.25, -0.2) is 9.37 Å². The number of hydrogen-bond donors (Lipinski definition) is 0. The average Bonchev–Trinajstić information content (AvgIpc) is 3.06. The van der Waals surface area contributed by atoms with Gasteiger partial charge in [0.15, 0.2) is 11.7 Å². The Morgan fingerprint density at radius 1 is 1.15 bits per heavy atom. The number of amides is 1. The summed E-state index contributed by atoms with van der Waals surface area (Å²) >= 11 is 1.30. The first-order valence-corrected chi connectivity index (χ1v) is 9.45. The van der Waals surface area contributed by atoms with Crippen molar-refractivity contribution in [2.45, 2.75) is 6.92 Å². The molecule has 0 saturated carbocycles. The minimum atomic E-state index is -0.383. The quantitative estimate of drug-likeness (QED) is 0.620. The van der Waals surface area contributed by atoms with Crippen molar-refractivity contribution in [3.05, 3.63) is 53.8 Å². The van der Waals surface area contributed by atoms with Gasteiger partial charge in [0.05, 0.1) is 4.70 Å². The van der Waals surface area contributed by atoms with Crippen molar-refractivity contribution in [2.75, 3.05) is 38.7 Å². The van der Waals surface area contributed by atoms with Gasteiger partial charge in [-0.1, -0.05) is 35.1 Å². The lowest BCUT2D eigenvalue weighted by molar-refractivity contribution is -0.120. The van der Waals surface area contributed by atoms with Gasteiger partial charge in [-0.05, 0) is 45.3 Å². The lowest BCUT2D eigenvalue weighted by Gasteiger charge is -2.22. The molecule has 0 N–H and O–H groups in total. The maximum Gasteiger partial charge on any atom is 0.266 e. The fraction of sp³-hybridized carbons (Fsp3) is 0.300. The van der Waals surface area contributed by atoms with E-state index in [-0.39, 0.29) is 18.3 Å². The summed E-state index contributed by atoms with van der Waals surface area (Å²) in [5.41, 5.74) is 1.41. The first-order valence-electron chi connectivity index (χ1n) is 8.63. The van der Waals surface area contributed by atoms with E-state index < -0.39 is 0 Å². The predicted molar refractivity (Wildman–Crippen MR) is 107 cm³/mol. The third-order valence-corrected chi connectivity index (χ3v) is 5.09. The Labute approximate surface area is 162 Å². The molecule has 0 fully saturated rings. The summed E-state index contributed by atoms with van der Waals surface area (Å²) in [5.74, 6) is 0.0413. The summed E-state index contributed by atoms with van der Waals surface area (Å²) in [6.07, 6.45) is 0. The molecule has 1 heterocycles. The molecule has 0 aliphatic carbocycles. The van der Waals surface area contributed by atoms with Crippen LogP contribution in [0.5, 0.6) is 5.75 Å². The molecule has 0 aliphatic heterocycles. The van der Waals surface area contributed by atoms with E-state index in [1.54, 1.807) is 17.0 Å². The number of carbonyl (C=O) groups excluding carboxylic acids is 1. The number of rotatable bonds is 7. The van der Waals surface area contributed by atoms with Crippen molar-refractivity contribution in [1.29, 1.82) is 0 Å². The molecule has 2 aromatic carbocycles. The Morgan fingerprint density at radius 3 is 2.56 bits per heavy atom. The highest BCUT2D eigenvalue weighted by Crippen LogP contribution is 2.30. The number of nitrogens with zero attached hydrogens (tertiary/aromatic N) is 3. The number of likely N-dealkylation sites (N-methyl/N-ethyl adjacent to an activating group) is 1. The van der Waals surface area contributed by atoms with Crippen LogP contribution in [0, 0.1) is 12.7 Å². The Bertz CT molecular complexity index is 925. The van der Waals surface area contributed by atoms with Gasteiger partial charge < -0.3 is 9.64 Å². The molecular weight excluding hydrogens is 365 g/mol. The van der Waals surface area contributed by atoms with Crippen LogP contribution in [0.15, 0.2) is 42.5 Å². The van der Waals surface area contributed by atoms with Gasteiger partial charge in [0.1, 0.15) is 17.1 Å². The molecule has 3 aromatic rings. The smallest absolute Gasteiger partial charge is 0.266 e. The Hall–Kier alpha value is -2.51. The number of fused-ring (bicyclic) bond motifs is 1. The zero-order valence-electron chi connectivity index (χ0n) is 15.6. The summed E-state index contributed by atoms with van der Waals surface area (Å²) < 4.78 is 20.3. The summed E-state index contributed by atoms with van der Waals surface area (Å²) in [6, 6.07) is 12.3. The van der Waals surface area contributed by atoms with Crippen molar-refractivity contribution in [1.82, 2.24) is 9.88 Å². The first kappa shape index (κ1) is 19.3. The van der Waals surface area contributed by atoms with E-state index in [2.05, 4.69) is 4.98 Å². The third-order valence-electron chi connectivity index (χ3n) is 4.04. The van der Waals surface area contributed by atoms with E-state index in [0.29, 0.717) is 34.2 Å². The number of para-hydroxylation sites is 1. The average molecular weight is 387 g/mol. The summed E-state index contributed by atoms with van der Waals surface area (Å²) in [4.78, 5) is 20.7. The van der Waals surface area contributed by atoms with Crippen LogP contribution < -0.4 is 9.64 Å². The predicted octanol–water partition coefficient (Wildman–Crippen LogP) is 3.72. The van der Waals surface area contributed by atoms with Gasteiger partial charge in [-0.3, -0.25) is 9.69 Å². The van der Waals surface area contributed by atoms with E-state index in [1.165, 1.54) is 17.4 Å². The van der Waals surface area contributed by atoms with Crippen molar-refractivity contribution in [3.63, 3.8) is 0 Å². The topological polar surface area (TPSA) is 45.7 Å². The number of aryl methyl sites for hydroxylation is 1. The zero-order chi connectivity index (χ0) is 19.4. The van der Waals surface area contributed by atoms with Crippen molar-refractivity contribution in [3.8, 4) is 5.75 Å². The number of anilines is 1. The normalized spacial score (nSPS) is 11.1. The Morgan fingerprint density at radius 2 is 1.89 bits per heavy atom. The lowest BCUT2D eigenvalue weighted by atomic mass is 10.2. The highest BCUT2D eigenvalue weighted by Gasteiger charge is 2.21. The Balaban J connectivity index is 1.79. The van der Waals surface area contributed by atoms with Crippen LogP contribution in [0.4, 0.5) is 9.52 Å². The van der Waals surface area contributed by atoms with Crippen LogP contribution in [0.3, 0.4) is 0 Å². The molecule has 0 spiro atoms. The summed E-state index contributed by atoms with van der Waals surface area (Å²) in [7, 11) is 3.87. The molecule has 7 heteroatoms. The molecule has 142 valence electrons. The van der Waals surface area contributed by atoms with Crippen LogP contribution in [0.25, 0.3) is 10.2 Å². The van der Waals surface area contributed by atoms with Gasteiger partial charge in [0.2, 0.25) is 0 Å². The summed E-state index contributed by atoms with van der Waals surface area (Å²) in [5, 5.41) is 0.481. The third kappa shape index (κ3) is 4.81. The van der Waals surface area contributed by atoms with Crippen molar-refractivity contribution >= 4 is 32.6 Å². The molecule has 0 bridgehead atoms. The SMILES string of the molecule is Cc1ccc(OCC(=O)N(CCN(C)C)c2nc3c(F)cccc3s2)cc1. The number of carbonyl (C=O) groups is 1. The molecule has 0 aliphatic rings. The van der Waals surface area contributed by atoms with Crippen molar-refractivity contribution in [2.24, 2.45) is 0 Å². The molecule has 3 rings (SSSR count). The molecule has 0 unspecified atom stereocenters. The molecule has 0 radical (unpaired) electrons. The lowest BCUT2D eigenvalue weighted by Crippen LogP contribution is -2.39. The highest BCUT2D eigenvalue weighted by molar-refractivity contribution is 7.22. The molecule has 27 heavy (non-hydrogen) atoms. The van der Waals surface area contributed by atoms with Gasteiger partial charge in [-0.15, -0.1) is 0 Å². The number of benzene rings is 2. The molecule has 0 atom stereocenters. The second-order valence-corrected chi connectivity index (χ2v) is 7.54. The number of thiazole rings is 1. The number of aromatic nitrogens is 1. The van der Waals surface area contributed by atoms with E-state index in [9.17, 15) is 9.18 Å². The first-order chi connectivity index (χ1) is 12.9. The van der Waals surface area contributed by atoms with Crippen molar-refractivity contribution < 1.29 is 13.9 Å². The summed E-state index contributed by atoms with van der Waals surface area (Å²) in [6.45, 7) is 3.00. The second-order valence-electron chi connectivity index (χ2n) is 6.53. The van der Waals surface area contributed by atoms with E-state index >= 15 is 0 Å². The fourth-order valence-electron chi connectivity index (χ4n) is 2.50. The maximum atomic E-state index is 14.0. The van der Waals surface area contributed by atoms with Gasteiger partial charge in [0.25, 0.3) is 5.91 Å². The van der Waals surface area contributed by atoms with E-state index in [4.69, 9.17) is 4.74 Å².